The minimum atomic E-state index is -0.845. The molecule has 1 aliphatic rings. The molecule has 0 saturated heterocycles. The first-order valence-corrected chi connectivity index (χ1v) is 11.4. The van der Waals surface area contributed by atoms with Gasteiger partial charge in [0.2, 0.25) is 0 Å². The first-order valence-electron chi connectivity index (χ1n) is 11.4. The number of carbonyl (C=O) groups excluding carboxylic acids is 1. The van der Waals surface area contributed by atoms with Crippen molar-refractivity contribution in [2.45, 2.75) is 39.4 Å². The Labute approximate surface area is 195 Å². The Morgan fingerprint density at radius 2 is 1.91 bits per heavy atom. The number of benzene rings is 3. The predicted molar refractivity (Wildman–Crippen MR) is 128 cm³/mol. The highest BCUT2D eigenvalue weighted by Gasteiger charge is 2.29. The summed E-state index contributed by atoms with van der Waals surface area (Å²) < 4.78 is 23.1. The summed E-state index contributed by atoms with van der Waals surface area (Å²) in [7, 11) is 1.38. The molecule has 5 nitrogen and oxygen atoms in total. The standard InChI is InChI=1S/C28H30O5/c1-4-31-27(28(29)30-3)25-19(2)12-14-24(33-18-20-9-6-5-7-10-20)26(25)22-13-15-23-21(17-22)11-8-16-32-23/h5-7,9-10,12-15,17,27H,4,8,11,16,18H2,1-3H3. The molecule has 1 aliphatic heterocycles. The zero-order valence-corrected chi connectivity index (χ0v) is 19.4. The van der Waals surface area contributed by atoms with E-state index in [1.807, 2.05) is 68.4 Å². The van der Waals surface area contributed by atoms with Gasteiger partial charge in [0, 0.05) is 17.7 Å². The lowest BCUT2D eigenvalue weighted by Crippen LogP contribution is -2.20. The van der Waals surface area contributed by atoms with Crippen LogP contribution in [0.2, 0.25) is 0 Å². The summed E-state index contributed by atoms with van der Waals surface area (Å²) in [5, 5.41) is 0. The molecular weight excluding hydrogens is 416 g/mol. The monoisotopic (exact) mass is 446 g/mol. The van der Waals surface area contributed by atoms with Crippen LogP contribution in [0.4, 0.5) is 0 Å². The normalized spacial score (nSPS) is 13.5. The average Bonchev–Trinajstić information content (AvgIpc) is 2.86. The van der Waals surface area contributed by atoms with E-state index >= 15 is 0 Å². The van der Waals surface area contributed by atoms with Crippen LogP contribution >= 0.6 is 0 Å². The maximum atomic E-state index is 12.8. The molecule has 0 saturated carbocycles. The van der Waals surface area contributed by atoms with Gasteiger partial charge in [-0.15, -0.1) is 0 Å². The quantitative estimate of drug-likeness (QED) is 0.408. The lowest BCUT2D eigenvalue weighted by Gasteiger charge is -2.25. The van der Waals surface area contributed by atoms with Gasteiger partial charge in [0.05, 0.1) is 13.7 Å². The number of hydrogen-bond donors (Lipinski definition) is 0. The molecule has 1 unspecified atom stereocenters. The Balaban J connectivity index is 1.85. The Kier molecular flexibility index (Phi) is 7.30. The van der Waals surface area contributed by atoms with E-state index in [4.69, 9.17) is 18.9 Å². The van der Waals surface area contributed by atoms with Crippen molar-refractivity contribution in [3.63, 3.8) is 0 Å². The van der Waals surface area contributed by atoms with Gasteiger partial charge < -0.3 is 18.9 Å². The van der Waals surface area contributed by atoms with E-state index in [0.29, 0.717) is 19.0 Å². The minimum absolute atomic E-state index is 0.381. The van der Waals surface area contributed by atoms with E-state index in [9.17, 15) is 4.79 Å². The van der Waals surface area contributed by atoms with Crippen molar-refractivity contribution in [2.75, 3.05) is 20.3 Å². The third-order valence-electron chi connectivity index (χ3n) is 5.87. The van der Waals surface area contributed by atoms with E-state index in [1.54, 1.807) is 0 Å². The van der Waals surface area contributed by atoms with Gasteiger partial charge in [-0.05, 0) is 67.1 Å². The predicted octanol–water partition coefficient (Wildman–Crippen LogP) is 5.82. The van der Waals surface area contributed by atoms with Crippen molar-refractivity contribution >= 4 is 5.97 Å². The van der Waals surface area contributed by atoms with E-state index in [1.165, 1.54) is 7.11 Å². The van der Waals surface area contributed by atoms with E-state index in [2.05, 4.69) is 6.07 Å². The van der Waals surface area contributed by atoms with E-state index in [0.717, 1.165) is 58.6 Å². The highest BCUT2D eigenvalue weighted by Crippen LogP contribution is 2.42. The molecule has 1 heterocycles. The molecule has 5 heteroatoms. The lowest BCUT2D eigenvalue weighted by molar-refractivity contribution is -0.154. The fourth-order valence-electron chi connectivity index (χ4n) is 4.25. The van der Waals surface area contributed by atoms with Gasteiger partial charge >= 0.3 is 5.97 Å². The molecule has 33 heavy (non-hydrogen) atoms. The first kappa shape index (κ1) is 22.9. The maximum Gasteiger partial charge on any atom is 0.339 e. The zero-order valence-electron chi connectivity index (χ0n) is 19.4. The summed E-state index contributed by atoms with van der Waals surface area (Å²) in [5.74, 6) is 1.19. The molecule has 1 atom stereocenters. The van der Waals surface area contributed by atoms with Gasteiger partial charge in [0.15, 0.2) is 6.10 Å². The summed E-state index contributed by atoms with van der Waals surface area (Å²) >= 11 is 0. The van der Waals surface area contributed by atoms with Crippen molar-refractivity contribution in [3.05, 3.63) is 82.9 Å². The Morgan fingerprint density at radius 1 is 1.09 bits per heavy atom. The molecule has 4 rings (SSSR count). The van der Waals surface area contributed by atoms with Crippen LogP contribution in [0.5, 0.6) is 11.5 Å². The molecular formula is C28H30O5. The molecule has 0 N–H and O–H groups in total. The second-order valence-corrected chi connectivity index (χ2v) is 8.08. The summed E-state index contributed by atoms with van der Waals surface area (Å²) in [6.45, 7) is 5.39. The number of aryl methyl sites for hydroxylation is 2. The first-order chi connectivity index (χ1) is 16.1. The Morgan fingerprint density at radius 3 is 2.67 bits per heavy atom. The molecule has 3 aromatic carbocycles. The Hall–Kier alpha value is -3.31. The second kappa shape index (κ2) is 10.5. The van der Waals surface area contributed by atoms with Crippen LogP contribution in [0.15, 0.2) is 60.7 Å². The van der Waals surface area contributed by atoms with Crippen LogP contribution in [0.25, 0.3) is 11.1 Å². The second-order valence-electron chi connectivity index (χ2n) is 8.08. The fourth-order valence-corrected chi connectivity index (χ4v) is 4.25. The minimum Gasteiger partial charge on any atom is -0.493 e. The van der Waals surface area contributed by atoms with Crippen LogP contribution < -0.4 is 9.47 Å². The largest absolute Gasteiger partial charge is 0.493 e. The number of carbonyl (C=O) groups is 1. The number of methoxy groups -OCH3 is 1. The Bertz CT molecular complexity index is 1110. The van der Waals surface area contributed by atoms with Crippen LogP contribution in [0.1, 0.15) is 41.7 Å². The average molecular weight is 447 g/mol. The van der Waals surface area contributed by atoms with Crippen LogP contribution in [0, 0.1) is 6.92 Å². The number of hydrogen-bond acceptors (Lipinski definition) is 5. The van der Waals surface area contributed by atoms with Crippen molar-refractivity contribution in [1.29, 1.82) is 0 Å². The number of rotatable bonds is 8. The smallest absolute Gasteiger partial charge is 0.339 e. The van der Waals surface area contributed by atoms with E-state index < -0.39 is 12.1 Å². The van der Waals surface area contributed by atoms with Crippen LogP contribution in [-0.4, -0.2) is 26.3 Å². The molecule has 3 aromatic rings. The van der Waals surface area contributed by atoms with Gasteiger partial charge in [0.1, 0.15) is 18.1 Å². The highest BCUT2D eigenvalue weighted by molar-refractivity contribution is 5.85. The van der Waals surface area contributed by atoms with Gasteiger partial charge in [0.25, 0.3) is 0 Å². The highest BCUT2D eigenvalue weighted by atomic mass is 16.6. The van der Waals surface area contributed by atoms with Gasteiger partial charge in [-0.3, -0.25) is 0 Å². The van der Waals surface area contributed by atoms with Crippen LogP contribution in [0.3, 0.4) is 0 Å². The van der Waals surface area contributed by atoms with Crippen molar-refractivity contribution in [2.24, 2.45) is 0 Å². The number of ether oxygens (including phenoxy) is 4. The third kappa shape index (κ3) is 5.04. The molecule has 0 fully saturated rings. The number of fused-ring (bicyclic) bond motifs is 1. The van der Waals surface area contributed by atoms with Crippen molar-refractivity contribution in [1.82, 2.24) is 0 Å². The SMILES string of the molecule is CCOC(C(=O)OC)c1c(C)ccc(OCc2ccccc2)c1-c1ccc2c(c1)CCCO2. The summed E-state index contributed by atoms with van der Waals surface area (Å²) in [6.07, 6.45) is 1.09. The van der Waals surface area contributed by atoms with Crippen molar-refractivity contribution < 1.29 is 23.7 Å². The van der Waals surface area contributed by atoms with Crippen LogP contribution in [-0.2, 0) is 27.3 Å². The van der Waals surface area contributed by atoms with Crippen molar-refractivity contribution in [3.8, 4) is 22.6 Å². The maximum absolute atomic E-state index is 12.8. The zero-order chi connectivity index (χ0) is 23.2. The summed E-state index contributed by atoms with van der Waals surface area (Å²) in [4.78, 5) is 12.8. The molecule has 0 amide bonds. The molecule has 172 valence electrons. The molecule has 0 radical (unpaired) electrons. The lowest BCUT2D eigenvalue weighted by atomic mass is 9.89. The molecule has 0 spiro atoms. The van der Waals surface area contributed by atoms with E-state index in [-0.39, 0.29) is 0 Å². The summed E-state index contributed by atoms with van der Waals surface area (Å²) in [6, 6.07) is 20.1. The third-order valence-corrected chi connectivity index (χ3v) is 5.87. The molecule has 0 aliphatic carbocycles. The summed E-state index contributed by atoms with van der Waals surface area (Å²) in [5.41, 5.74) is 5.75. The van der Waals surface area contributed by atoms with Gasteiger partial charge in [-0.2, -0.15) is 0 Å². The topological polar surface area (TPSA) is 54.0 Å². The molecule has 0 bridgehead atoms. The van der Waals surface area contributed by atoms with Gasteiger partial charge in [-0.25, -0.2) is 4.79 Å². The molecule has 0 aromatic heterocycles. The van der Waals surface area contributed by atoms with Gasteiger partial charge in [-0.1, -0.05) is 42.5 Å². The fraction of sp³-hybridized carbons (Fsp3) is 0.321. The number of esters is 1.